The van der Waals surface area contributed by atoms with Crippen molar-refractivity contribution in [3.05, 3.63) is 51.8 Å². The van der Waals surface area contributed by atoms with E-state index < -0.39 is 28.4 Å². The van der Waals surface area contributed by atoms with Crippen LogP contribution in [-0.4, -0.2) is 9.55 Å². The maximum atomic E-state index is 14.1. The summed E-state index contributed by atoms with van der Waals surface area (Å²) in [5.74, 6) is -3.02. The largest absolute Gasteiger partial charge is 0.337 e. The lowest BCUT2D eigenvalue weighted by atomic mass is 9.91. The minimum atomic E-state index is -1.19. The van der Waals surface area contributed by atoms with Crippen molar-refractivity contribution in [2.45, 2.75) is 23.9 Å². The van der Waals surface area contributed by atoms with E-state index in [9.17, 15) is 13.2 Å². The zero-order valence-electron chi connectivity index (χ0n) is 10.2. The van der Waals surface area contributed by atoms with Crippen LogP contribution in [0.25, 0.3) is 0 Å². The lowest BCUT2D eigenvalue weighted by molar-refractivity contribution is 0.451. The zero-order valence-corrected chi connectivity index (χ0v) is 11.0. The predicted molar refractivity (Wildman–Crippen MR) is 68.1 cm³/mol. The van der Waals surface area contributed by atoms with Crippen LogP contribution in [0.5, 0.6) is 0 Å². The number of aromatic amines is 1. The number of aromatic nitrogens is 2. The molecule has 1 fully saturated rings. The van der Waals surface area contributed by atoms with Crippen molar-refractivity contribution in [2.24, 2.45) is 5.73 Å². The average molecular weight is 297 g/mol. The molecule has 0 unspecified atom stereocenters. The summed E-state index contributed by atoms with van der Waals surface area (Å²) in [4.78, 5) is 2.88. The highest BCUT2D eigenvalue weighted by molar-refractivity contribution is 7.71. The van der Waals surface area contributed by atoms with Gasteiger partial charge in [0.05, 0.1) is 11.2 Å². The van der Waals surface area contributed by atoms with Gasteiger partial charge in [0, 0.05) is 29.8 Å². The van der Waals surface area contributed by atoms with Crippen molar-refractivity contribution in [2.75, 3.05) is 0 Å². The van der Waals surface area contributed by atoms with E-state index in [-0.39, 0.29) is 5.56 Å². The first-order valence-electron chi connectivity index (χ1n) is 6.12. The van der Waals surface area contributed by atoms with Crippen LogP contribution in [0.2, 0.25) is 0 Å². The van der Waals surface area contributed by atoms with E-state index in [1.54, 1.807) is 10.8 Å². The van der Waals surface area contributed by atoms with E-state index >= 15 is 0 Å². The monoisotopic (exact) mass is 297 g/mol. The Labute approximate surface area is 117 Å². The molecule has 0 bridgehead atoms. The molecule has 1 saturated carbocycles. The van der Waals surface area contributed by atoms with Crippen LogP contribution in [0.15, 0.2) is 18.3 Å². The topological polar surface area (TPSA) is 46.7 Å². The predicted octanol–water partition coefficient (Wildman–Crippen LogP) is 2.47. The second-order valence-corrected chi connectivity index (χ2v) is 5.93. The van der Waals surface area contributed by atoms with Crippen LogP contribution in [0.4, 0.5) is 13.2 Å². The number of rotatable bonds is 1. The molecule has 0 spiro atoms. The maximum Gasteiger partial charge on any atom is 0.177 e. The third kappa shape index (κ3) is 1.18. The summed E-state index contributed by atoms with van der Waals surface area (Å²) in [6, 6.07) is 1.57. The first kappa shape index (κ1) is 12.2. The van der Waals surface area contributed by atoms with Gasteiger partial charge in [-0.1, -0.05) is 0 Å². The van der Waals surface area contributed by atoms with Gasteiger partial charge >= 0.3 is 0 Å². The molecular weight excluding hydrogens is 287 g/mol. The SMILES string of the molecule is N[C@@]12C[C@]1(c1cc(F)cc(F)c1F)Cn1c2c[nH]c1=S. The molecule has 0 saturated heterocycles. The summed E-state index contributed by atoms with van der Waals surface area (Å²) in [5, 5.41) is 0. The van der Waals surface area contributed by atoms with Crippen molar-refractivity contribution in [3.63, 3.8) is 0 Å². The van der Waals surface area contributed by atoms with Gasteiger partial charge in [0.25, 0.3) is 0 Å². The molecule has 2 heterocycles. The molecule has 2 aliphatic rings. The second kappa shape index (κ2) is 3.35. The Morgan fingerprint density at radius 3 is 2.75 bits per heavy atom. The van der Waals surface area contributed by atoms with Crippen LogP contribution < -0.4 is 5.73 Å². The lowest BCUT2D eigenvalue weighted by Gasteiger charge is -2.16. The average Bonchev–Trinajstić information content (AvgIpc) is 2.69. The number of imidazole rings is 1. The summed E-state index contributed by atoms with van der Waals surface area (Å²) < 4.78 is 43.2. The number of nitrogens with two attached hydrogens (primary N) is 1. The quantitative estimate of drug-likeness (QED) is 0.627. The van der Waals surface area contributed by atoms with E-state index in [4.69, 9.17) is 18.0 Å². The van der Waals surface area contributed by atoms with Crippen LogP contribution in [0.1, 0.15) is 17.7 Å². The fourth-order valence-corrected chi connectivity index (χ4v) is 3.70. The van der Waals surface area contributed by atoms with Crippen LogP contribution in [0.3, 0.4) is 0 Å². The summed E-state index contributed by atoms with van der Waals surface area (Å²) >= 11 is 5.13. The summed E-state index contributed by atoms with van der Waals surface area (Å²) in [7, 11) is 0. The summed E-state index contributed by atoms with van der Waals surface area (Å²) in [5.41, 5.74) is 5.44. The van der Waals surface area contributed by atoms with Gasteiger partial charge in [-0.05, 0) is 24.7 Å². The van der Waals surface area contributed by atoms with Crippen LogP contribution in [-0.2, 0) is 17.5 Å². The number of benzene rings is 1. The number of nitrogens with zero attached hydrogens (tertiary/aromatic N) is 1. The molecule has 2 aromatic rings. The van der Waals surface area contributed by atoms with Crippen LogP contribution in [0, 0.1) is 22.2 Å². The molecule has 104 valence electrons. The highest BCUT2D eigenvalue weighted by Crippen LogP contribution is 2.67. The molecule has 2 atom stereocenters. The number of nitrogens with one attached hydrogen (secondary N) is 1. The Morgan fingerprint density at radius 1 is 1.30 bits per heavy atom. The van der Waals surface area contributed by atoms with Crippen molar-refractivity contribution in [1.29, 1.82) is 0 Å². The Balaban J connectivity index is 1.93. The Kier molecular flexibility index (Phi) is 2.03. The van der Waals surface area contributed by atoms with E-state index in [0.29, 0.717) is 23.8 Å². The lowest BCUT2D eigenvalue weighted by Crippen LogP contribution is -2.28. The summed E-state index contributed by atoms with van der Waals surface area (Å²) in [6.07, 6.45) is 2.14. The van der Waals surface area contributed by atoms with Gasteiger partial charge in [0.2, 0.25) is 0 Å². The van der Waals surface area contributed by atoms with Gasteiger partial charge in [-0.25, -0.2) is 13.2 Å². The van der Waals surface area contributed by atoms with Gasteiger partial charge in [0.15, 0.2) is 16.4 Å². The number of hydrogen-bond acceptors (Lipinski definition) is 2. The Hall–Kier alpha value is -1.60. The minimum absolute atomic E-state index is 0.00407. The first-order valence-corrected chi connectivity index (χ1v) is 6.52. The summed E-state index contributed by atoms with van der Waals surface area (Å²) in [6.45, 7) is 0.334. The highest BCUT2D eigenvalue weighted by Gasteiger charge is 2.73. The minimum Gasteiger partial charge on any atom is -0.337 e. The smallest absolute Gasteiger partial charge is 0.177 e. The van der Waals surface area contributed by atoms with E-state index in [1.165, 1.54) is 0 Å². The molecule has 1 aromatic heterocycles. The molecule has 4 rings (SSSR count). The molecule has 1 aliphatic carbocycles. The molecule has 0 radical (unpaired) electrons. The fraction of sp³-hybridized carbons (Fsp3) is 0.308. The third-order valence-electron chi connectivity index (χ3n) is 4.57. The Bertz CT molecular complexity index is 812. The molecule has 0 amide bonds. The van der Waals surface area contributed by atoms with E-state index in [1.807, 2.05) is 0 Å². The van der Waals surface area contributed by atoms with E-state index in [2.05, 4.69) is 4.98 Å². The van der Waals surface area contributed by atoms with Crippen LogP contribution >= 0.6 is 12.2 Å². The molecule has 20 heavy (non-hydrogen) atoms. The zero-order chi connectivity index (χ0) is 14.3. The first-order chi connectivity index (χ1) is 9.39. The number of halogens is 3. The van der Waals surface area contributed by atoms with Gasteiger partial charge < -0.3 is 15.3 Å². The van der Waals surface area contributed by atoms with Crippen molar-refractivity contribution < 1.29 is 13.2 Å². The molecule has 3 N–H and O–H groups in total. The van der Waals surface area contributed by atoms with Crippen molar-refractivity contribution >= 4 is 12.2 Å². The molecule has 3 nitrogen and oxygen atoms in total. The van der Waals surface area contributed by atoms with Crippen molar-refractivity contribution in [1.82, 2.24) is 9.55 Å². The molecular formula is C13H10F3N3S. The standard InChI is InChI=1S/C13H10F3N3S/c14-6-1-7(10(16)8(15)2-6)12-4-13(12,17)9-3-18-11(20)19(9)5-12/h1-3H,4-5,17H2,(H,18,20)/t12-,13-/m1/s1. The number of hydrogen-bond donors (Lipinski definition) is 2. The van der Waals surface area contributed by atoms with E-state index in [0.717, 1.165) is 11.8 Å². The van der Waals surface area contributed by atoms with Gasteiger partial charge in [-0.2, -0.15) is 0 Å². The van der Waals surface area contributed by atoms with Gasteiger partial charge in [0.1, 0.15) is 5.82 Å². The highest BCUT2D eigenvalue weighted by atomic mass is 32.1. The second-order valence-electron chi connectivity index (χ2n) is 5.54. The number of H-pyrrole nitrogens is 1. The number of fused-ring (bicyclic) bond motifs is 3. The Morgan fingerprint density at radius 2 is 2.05 bits per heavy atom. The fourth-order valence-electron chi connectivity index (χ4n) is 3.48. The molecule has 1 aromatic carbocycles. The van der Waals surface area contributed by atoms with Gasteiger partial charge in [-0.3, -0.25) is 0 Å². The molecule has 7 heteroatoms. The van der Waals surface area contributed by atoms with Gasteiger partial charge in [-0.15, -0.1) is 0 Å². The normalized spacial score (nSPS) is 30.2. The van der Waals surface area contributed by atoms with Crippen molar-refractivity contribution in [3.8, 4) is 0 Å². The maximum absolute atomic E-state index is 14.1. The molecule has 1 aliphatic heterocycles. The third-order valence-corrected chi connectivity index (χ3v) is 4.91.